The minimum atomic E-state index is -0.383. The van der Waals surface area contributed by atoms with Gasteiger partial charge in [0.25, 0.3) is 0 Å². The van der Waals surface area contributed by atoms with Crippen LogP contribution < -0.4 is 4.74 Å². The van der Waals surface area contributed by atoms with Crippen molar-refractivity contribution < 1.29 is 89.7 Å². The van der Waals surface area contributed by atoms with Crippen molar-refractivity contribution in [3.63, 3.8) is 0 Å². The van der Waals surface area contributed by atoms with Gasteiger partial charge in [-0.15, -0.1) is 0 Å². The van der Waals surface area contributed by atoms with E-state index in [1.165, 1.54) is 6.92 Å². The maximum absolute atomic E-state index is 12.0. The summed E-state index contributed by atoms with van der Waals surface area (Å²) in [7, 11) is 1.68. The topological polar surface area (TPSA) is 134 Å². The molecular formula is C59H94O12Y. The van der Waals surface area contributed by atoms with Crippen LogP contribution in [0.15, 0.2) is 48.6 Å². The van der Waals surface area contributed by atoms with Gasteiger partial charge in [-0.05, 0) is 104 Å². The van der Waals surface area contributed by atoms with E-state index in [0.29, 0.717) is 56.0 Å². The summed E-state index contributed by atoms with van der Waals surface area (Å²) < 4.78 is 57.3. The molecule has 0 aromatic heterocycles. The molecule has 6 saturated heterocycles. The summed E-state index contributed by atoms with van der Waals surface area (Å²) in [6, 6.07) is 8.03. The maximum atomic E-state index is 12.0. The Bertz CT molecular complexity index is 1830. The van der Waals surface area contributed by atoms with E-state index in [0.717, 1.165) is 99.2 Å². The fourth-order valence-corrected chi connectivity index (χ4v) is 12.4. The number of carbonyl (C=O) groups excluding carboxylic acids is 3. The molecule has 1 radical (unpaired) electrons. The van der Waals surface area contributed by atoms with E-state index in [2.05, 4.69) is 68.5 Å². The van der Waals surface area contributed by atoms with Gasteiger partial charge in [0.1, 0.15) is 24.4 Å². The molecule has 0 amide bonds. The Hall–Kier alpha value is -1.87. The van der Waals surface area contributed by atoms with E-state index < -0.39 is 0 Å². The van der Waals surface area contributed by atoms with E-state index in [4.69, 9.17) is 42.6 Å². The number of hydrogen-bond acceptors (Lipinski definition) is 12. The predicted octanol–water partition coefficient (Wildman–Crippen LogP) is 11.6. The van der Waals surface area contributed by atoms with Crippen LogP contribution in [0, 0.1) is 35.5 Å². The summed E-state index contributed by atoms with van der Waals surface area (Å²) in [4.78, 5) is 33.8. The van der Waals surface area contributed by atoms with Crippen LogP contribution in [0.4, 0.5) is 0 Å². The first-order valence-electron chi connectivity index (χ1n) is 27.2. The molecule has 4 unspecified atom stereocenters. The molecule has 1 aromatic carbocycles. The molecule has 0 spiro atoms. The molecule has 72 heavy (non-hydrogen) atoms. The molecule has 0 aliphatic carbocycles. The number of esters is 1. The van der Waals surface area contributed by atoms with Gasteiger partial charge in [0.05, 0.1) is 93.1 Å². The number of methoxy groups -OCH3 is 1. The minimum absolute atomic E-state index is 0. The van der Waals surface area contributed by atoms with Crippen LogP contribution >= 0.6 is 0 Å². The summed E-state index contributed by atoms with van der Waals surface area (Å²) in [6.45, 7) is 28.4. The van der Waals surface area contributed by atoms with Crippen molar-refractivity contribution in [1.82, 2.24) is 0 Å². The fourth-order valence-electron chi connectivity index (χ4n) is 12.4. The van der Waals surface area contributed by atoms with Crippen molar-refractivity contribution in [3.05, 3.63) is 54.1 Å². The van der Waals surface area contributed by atoms with Gasteiger partial charge in [-0.3, -0.25) is 4.79 Å². The van der Waals surface area contributed by atoms with Gasteiger partial charge >= 0.3 is 5.97 Å². The molecule has 20 atom stereocenters. The third-order valence-electron chi connectivity index (χ3n) is 16.6. The summed E-state index contributed by atoms with van der Waals surface area (Å²) in [5, 5.41) is 0. The van der Waals surface area contributed by atoms with Gasteiger partial charge in [0.2, 0.25) is 0 Å². The first kappa shape index (κ1) is 62.7. The number of carbonyl (C=O) groups is 3. The monoisotopic (exact) mass is 1080 g/mol. The number of benzene rings is 1. The van der Waals surface area contributed by atoms with E-state index >= 15 is 0 Å². The normalized spacial score (nSPS) is 38.5. The van der Waals surface area contributed by atoms with E-state index in [1.807, 2.05) is 24.3 Å². The molecule has 0 bridgehead atoms. The number of fused-ring (bicyclic) bond motifs is 2. The Labute approximate surface area is 459 Å². The fraction of sp³-hybridized carbons (Fsp3) is 0.780. The molecule has 405 valence electrons. The second-order valence-electron chi connectivity index (χ2n) is 22.0. The van der Waals surface area contributed by atoms with Gasteiger partial charge in [-0.1, -0.05) is 101 Å². The molecule has 12 nitrogen and oxygen atoms in total. The van der Waals surface area contributed by atoms with E-state index in [-0.39, 0.29) is 143 Å². The standard InChI is InChI=1S/C32H48O6.C26H42O6.CH4.Y/c1-7-9-27-21(3)17-29-32(38-27)23(5)31(35-19-24-11-13-25(34-6)14-12-24)30(37-29)18-28-22(4)20(2)16-26(36-28)10-8-15-33;1-7-9-21-16(3)13-23-26(32-21)18(5)25(29-19(6)28)24(31-23)14-22-17(4)15(2)12-20(30-22)10-8-11-27;;/h11-15,20-21,23,26-32H,4,7-10,16-19H2,1-3,5-6H3;11,15-16,18,20-26H,4,7-10,12-14H2,1-3,5-6H3;1H4;/t20-,21?,23-,26+,27-,28?,29+,30+,31-,32+;15-,16?,18-,20+,21-,22?,23+,24+,25-,26+;;/m11../s1. The first-order chi connectivity index (χ1) is 33.6. The Morgan fingerprint density at radius 1 is 0.639 bits per heavy atom. The number of aldehydes is 2. The largest absolute Gasteiger partial charge is 0.497 e. The molecule has 6 heterocycles. The molecular weight excluding hydrogens is 990 g/mol. The Balaban J connectivity index is 0.000000308. The van der Waals surface area contributed by atoms with Gasteiger partial charge in [-0.25, -0.2) is 0 Å². The summed E-state index contributed by atoms with van der Waals surface area (Å²) >= 11 is 0. The maximum Gasteiger partial charge on any atom is 0.303 e. The van der Waals surface area contributed by atoms with Crippen molar-refractivity contribution in [2.75, 3.05) is 7.11 Å². The number of hydrogen-bond donors (Lipinski definition) is 0. The first-order valence-corrected chi connectivity index (χ1v) is 27.2. The smallest absolute Gasteiger partial charge is 0.303 e. The van der Waals surface area contributed by atoms with Gasteiger partial charge in [0.15, 0.2) is 0 Å². The van der Waals surface area contributed by atoms with Gasteiger partial charge in [0, 0.05) is 77.2 Å². The van der Waals surface area contributed by atoms with E-state index in [1.54, 1.807) is 7.11 Å². The van der Waals surface area contributed by atoms with E-state index in [9.17, 15) is 14.4 Å². The molecule has 0 N–H and O–H groups in total. The van der Waals surface area contributed by atoms with Crippen LogP contribution in [-0.2, 0) is 91.6 Å². The Kier molecular flexibility index (Phi) is 26.3. The Morgan fingerprint density at radius 3 is 1.50 bits per heavy atom. The van der Waals surface area contributed by atoms with Crippen molar-refractivity contribution in [2.24, 2.45) is 35.5 Å². The van der Waals surface area contributed by atoms with Crippen LogP contribution in [0.2, 0.25) is 0 Å². The van der Waals surface area contributed by atoms with Crippen LogP contribution in [0.25, 0.3) is 0 Å². The third kappa shape index (κ3) is 16.3. The van der Waals surface area contributed by atoms with Crippen LogP contribution in [-0.4, -0.2) is 111 Å². The van der Waals surface area contributed by atoms with Crippen LogP contribution in [0.1, 0.15) is 165 Å². The summed E-state index contributed by atoms with van der Waals surface area (Å²) in [6.07, 6.45) is 13.2. The predicted molar refractivity (Wildman–Crippen MR) is 277 cm³/mol. The van der Waals surface area contributed by atoms with Crippen LogP contribution in [0.5, 0.6) is 5.75 Å². The summed E-state index contributed by atoms with van der Waals surface area (Å²) in [5.74, 6) is 2.33. The number of rotatable bonds is 19. The number of ether oxygens (including phenoxy) is 9. The summed E-state index contributed by atoms with van der Waals surface area (Å²) in [5.41, 5.74) is 3.28. The zero-order valence-corrected chi connectivity index (χ0v) is 47.8. The van der Waals surface area contributed by atoms with Crippen molar-refractivity contribution >= 4 is 18.5 Å². The molecule has 1 aromatic rings. The van der Waals surface area contributed by atoms with Crippen molar-refractivity contribution in [2.45, 2.75) is 252 Å². The molecule has 6 fully saturated rings. The minimum Gasteiger partial charge on any atom is -0.497 e. The average Bonchev–Trinajstić information content (AvgIpc) is 3.33. The van der Waals surface area contributed by atoms with Crippen molar-refractivity contribution in [3.8, 4) is 5.75 Å². The second kappa shape index (κ2) is 30.2. The quantitative estimate of drug-likeness (QED) is 0.0741. The Morgan fingerprint density at radius 2 is 1.08 bits per heavy atom. The SMILES string of the molecule is C.C=C1C(C[C@@H]2O[C@H]3CC(C)[C@@H](CCC)O[C@H]3[C@H](C)[C@H]2OC(C)=O)O[C@@H](CCC=O)C[C@H]1C.C=C1C(C[C@@H]2O[C@H]3CC(C)[C@@H](CCC)O[C@H]3[C@H](C)[C@H]2OCc2ccc(OC)cc2)O[C@@H](CCC=O)C[C@H]1C.[Y]. The van der Waals surface area contributed by atoms with Crippen molar-refractivity contribution in [1.29, 1.82) is 0 Å². The zero-order chi connectivity index (χ0) is 50.6. The molecule has 7 rings (SSSR count). The van der Waals surface area contributed by atoms with Crippen LogP contribution in [0.3, 0.4) is 0 Å². The molecule has 0 saturated carbocycles. The molecule has 6 aliphatic rings. The average molecular weight is 1080 g/mol. The molecule has 6 aliphatic heterocycles. The zero-order valence-electron chi connectivity index (χ0n) is 45.0. The third-order valence-corrected chi connectivity index (χ3v) is 16.6. The van der Waals surface area contributed by atoms with Gasteiger partial charge in [-0.2, -0.15) is 0 Å². The second-order valence-corrected chi connectivity index (χ2v) is 22.0. The molecule has 13 heteroatoms. The van der Waals surface area contributed by atoms with Gasteiger partial charge < -0.3 is 52.2 Å².